The SMILES string of the molecule is CC(C)CN1CCN(C(=O)c2csc(CN)n2)CC1. The van der Waals surface area contributed by atoms with Crippen molar-refractivity contribution in [3.63, 3.8) is 0 Å². The Morgan fingerprint density at radius 3 is 2.63 bits per heavy atom. The minimum Gasteiger partial charge on any atom is -0.335 e. The highest BCUT2D eigenvalue weighted by atomic mass is 32.1. The Kier molecular flexibility index (Phi) is 4.90. The van der Waals surface area contributed by atoms with E-state index in [9.17, 15) is 4.79 Å². The van der Waals surface area contributed by atoms with Crippen LogP contribution in [0.25, 0.3) is 0 Å². The number of hydrogen-bond donors (Lipinski definition) is 1. The smallest absolute Gasteiger partial charge is 0.273 e. The van der Waals surface area contributed by atoms with Crippen LogP contribution in [0.1, 0.15) is 29.3 Å². The van der Waals surface area contributed by atoms with Gasteiger partial charge < -0.3 is 10.6 Å². The van der Waals surface area contributed by atoms with Crippen molar-refractivity contribution in [2.75, 3.05) is 32.7 Å². The molecule has 0 atom stereocenters. The maximum atomic E-state index is 12.3. The Balaban J connectivity index is 1.88. The van der Waals surface area contributed by atoms with Gasteiger partial charge in [-0.3, -0.25) is 9.69 Å². The average molecular weight is 282 g/mol. The fourth-order valence-corrected chi connectivity index (χ4v) is 2.96. The van der Waals surface area contributed by atoms with Crippen LogP contribution in [0, 0.1) is 5.92 Å². The maximum Gasteiger partial charge on any atom is 0.273 e. The van der Waals surface area contributed by atoms with Gasteiger partial charge in [0.15, 0.2) is 0 Å². The Hall–Kier alpha value is -0.980. The topological polar surface area (TPSA) is 62.5 Å². The molecule has 1 aliphatic heterocycles. The zero-order valence-corrected chi connectivity index (χ0v) is 12.4. The third kappa shape index (κ3) is 3.75. The number of hydrogen-bond acceptors (Lipinski definition) is 5. The minimum atomic E-state index is 0.0418. The van der Waals surface area contributed by atoms with Crippen molar-refractivity contribution in [1.82, 2.24) is 14.8 Å². The molecule has 1 aliphatic rings. The molecule has 2 N–H and O–H groups in total. The van der Waals surface area contributed by atoms with Crippen molar-refractivity contribution in [3.05, 3.63) is 16.1 Å². The Morgan fingerprint density at radius 2 is 2.11 bits per heavy atom. The summed E-state index contributed by atoms with van der Waals surface area (Å²) >= 11 is 1.46. The largest absolute Gasteiger partial charge is 0.335 e. The molecule has 1 aromatic rings. The lowest BCUT2D eigenvalue weighted by Gasteiger charge is -2.35. The molecule has 19 heavy (non-hydrogen) atoms. The predicted octanol–water partition coefficient (Wildman–Crippen LogP) is 1.02. The molecule has 0 bridgehead atoms. The van der Waals surface area contributed by atoms with Gasteiger partial charge >= 0.3 is 0 Å². The first-order chi connectivity index (χ1) is 9.10. The van der Waals surface area contributed by atoms with Crippen LogP contribution in [0.15, 0.2) is 5.38 Å². The lowest BCUT2D eigenvalue weighted by molar-refractivity contribution is 0.0618. The van der Waals surface area contributed by atoms with Gasteiger partial charge in [0.2, 0.25) is 0 Å². The standard InChI is InChI=1S/C13H22N4OS/c1-10(2)8-16-3-5-17(6-4-16)13(18)11-9-19-12(7-14)15-11/h9-10H,3-8,14H2,1-2H3. The molecule has 1 amide bonds. The molecule has 1 fully saturated rings. The zero-order valence-electron chi connectivity index (χ0n) is 11.6. The highest BCUT2D eigenvalue weighted by Gasteiger charge is 2.23. The number of carbonyl (C=O) groups is 1. The summed E-state index contributed by atoms with van der Waals surface area (Å²) in [5.74, 6) is 0.716. The monoisotopic (exact) mass is 282 g/mol. The summed E-state index contributed by atoms with van der Waals surface area (Å²) in [5.41, 5.74) is 6.07. The quantitative estimate of drug-likeness (QED) is 0.895. The van der Waals surface area contributed by atoms with E-state index >= 15 is 0 Å². The van der Waals surface area contributed by atoms with Crippen LogP contribution < -0.4 is 5.73 Å². The molecule has 1 saturated heterocycles. The van der Waals surface area contributed by atoms with Gasteiger partial charge in [-0.2, -0.15) is 0 Å². The molecule has 0 aliphatic carbocycles. The fourth-order valence-electron chi connectivity index (χ4n) is 2.31. The van der Waals surface area contributed by atoms with E-state index in [0.717, 1.165) is 37.7 Å². The molecule has 6 heteroatoms. The molecule has 0 aromatic carbocycles. The number of thiazole rings is 1. The second-order valence-corrected chi connectivity index (χ2v) is 6.26. The fraction of sp³-hybridized carbons (Fsp3) is 0.692. The molecule has 106 valence electrons. The van der Waals surface area contributed by atoms with Gasteiger partial charge in [-0.25, -0.2) is 4.98 Å². The summed E-state index contributed by atoms with van der Waals surface area (Å²) in [4.78, 5) is 20.8. The molecular weight excluding hydrogens is 260 g/mol. The molecule has 5 nitrogen and oxygen atoms in total. The van der Waals surface area contributed by atoms with Crippen molar-refractivity contribution < 1.29 is 4.79 Å². The summed E-state index contributed by atoms with van der Waals surface area (Å²) in [6.07, 6.45) is 0. The number of aromatic nitrogens is 1. The van der Waals surface area contributed by atoms with Gasteiger partial charge in [0.1, 0.15) is 10.7 Å². The van der Waals surface area contributed by atoms with E-state index in [1.165, 1.54) is 11.3 Å². The van der Waals surface area contributed by atoms with Gasteiger partial charge in [-0.15, -0.1) is 11.3 Å². The van der Waals surface area contributed by atoms with E-state index in [0.29, 0.717) is 18.2 Å². The van der Waals surface area contributed by atoms with Gasteiger partial charge in [0, 0.05) is 44.6 Å². The Bertz CT molecular complexity index is 424. The highest BCUT2D eigenvalue weighted by Crippen LogP contribution is 2.13. The summed E-state index contributed by atoms with van der Waals surface area (Å²) in [5, 5.41) is 2.63. The molecule has 0 radical (unpaired) electrons. The van der Waals surface area contributed by atoms with Crippen LogP contribution in [-0.4, -0.2) is 53.4 Å². The number of rotatable bonds is 4. The van der Waals surface area contributed by atoms with Crippen molar-refractivity contribution >= 4 is 17.2 Å². The van der Waals surface area contributed by atoms with Crippen LogP contribution in [0.2, 0.25) is 0 Å². The Morgan fingerprint density at radius 1 is 1.42 bits per heavy atom. The molecule has 0 saturated carbocycles. The van der Waals surface area contributed by atoms with Crippen molar-refractivity contribution in [2.45, 2.75) is 20.4 Å². The van der Waals surface area contributed by atoms with E-state index in [1.807, 2.05) is 10.3 Å². The Labute approximate surface area is 118 Å². The molecule has 0 spiro atoms. The van der Waals surface area contributed by atoms with Gasteiger partial charge in [0.25, 0.3) is 5.91 Å². The molecule has 0 unspecified atom stereocenters. The van der Waals surface area contributed by atoms with Crippen LogP contribution in [0.4, 0.5) is 0 Å². The molecular formula is C13H22N4OS. The van der Waals surface area contributed by atoms with E-state index in [2.05, 4.69) is 23.7 Å². The number of carbonyl (C=O) groups excluding carboxylic acids is 1. The molecule has 1 aromatic heterocycles. The van der Waals surface area contributed by atoms with Crippen LogP contribution >= 0.6 is 11.3 Å². The van der Waals surface area contributed by atoms with Gasteiger partial charge in [-0.1, -0.05) is 13.8 Å². The number of piperazine rings is 1. The molecule has 2 rings (SSSR count). The first-order valence-electron chi connectivity index (χ1n) is 6.76. The van der Waals surface area contributed by atoms with E-state index in [1.54, 1.807) is 0 Å². The number of amides is 1. The summed E-state index contributed by atoms with van der Waals surface area (Å²) in [7, 11) is 0. The van der Waals surface area contributed by atoms with Crippen LogP contribution in [0.5, 0.6) is 0 Å². The number of nitrogens with zero attached hydrogens (tertiary/aromatic N) is 3. The zero-order chi connectivity index (χ0) is 13.8. The second kappa shape index (κ2) is 6.45. The molecule has 2 heterocycles. The minimum absolute atomic E-state index is 0.0418. The first-order valence-corrected chi connectivity index (χ1v) is 7.64. The summed E-state index contributed by atoms with van der Waals surface area (Å²) in [6.45, 7) is 9.45. The third-order valence-electron chi connectivity index (χ3n) is 3.23. The maximum absolute atomic E-state index is 12.3. The van der Waals surface area contributed by atoms with Crippen LogP contribution in [0.3, 0.4) is 0 Å². The highest BCUT2D eigenvalue weighted by molar-refractivity contribution is 7.09. The second-order valence-electron chi connectivity index (χ2n) is 5.32. The van der Waals surface area contributed by atoms with E-state index < -0.39 is 0 Å². The van der Waals surface area contributed by atoms with Crippen LogP contribution in [-0.2, 0) is 6.54 Å². The predicted molar refractivity (Wildman–Crippen MR) is 77.2 cm³/mol. The first kappa shape index (κ1) is 14.4. The van der Waals surface area contributed by atoms with E-state index in [-0.39, 0.29) is 5.91 Å². The lowest BCUT2D eigenvalue weighted by atomic mass is 10.2. The third-order valence-corrected chi connectivity index (χ3v) is 4.10. The summed E-state index contributed by atoms with van der Waals surface area (Å²) in [6, 6.07) is 0. The van der Waals surface area contributed by atoms with Gasteiger partial charge in [0.05, 0.1) is 0 Å². The van der Waals surface area contributed by atoms with Crippen molar-refractivity contribution in [3.8, 4) is 0 Å². The van der Waals surface area contributed by atoms with Gasteiger partial charge in [-0.05, 0) is 5.92 Å². The van der Waals surface area contributed by atoms with E-state index in [4.69, 9.17) is 5.73 Å². The summed E-state index contributed by atoms with van der Waals surface area (Å²) < 4.78 is 0. The average Bonchev–Trinajstić information content (AvgIpc) is 2.87. The lowest BCUT2D eigenvalue weighted by Crippen LogP contribution is -2.49. The van der Waals surface area contributed by atoms with Crippen molar-refractivity contribution in [1.29, 1.82) is 0 Å². The van der Waals surface area contributed by atoms with Crippen molar-refractivity contribution in [2.24, 2.45) is 11.7 Å². The normalized spacial score (nSPS) is 17.2. The number of nitrogens with two attached hydrogens (primary N) is 1.